The number of nitrogens with zero attached hydrogens (tertiary/aromatic N) is 2. The van der Waals surface area contributed by atoms with E-state index < -0.39 is 24.0 Å². The van der Waals surface area contributed by atoms with Crippen LogP contribution in [0.2, 0.25) is 0 Å². The minimum absolute atomic E-state index is 0.0377. The summed E-state index contributed by atoms with van der Waals surface area (Å²) < 4.78 is 5.23. The molecule has 0 saturated carbocycles. The van der Waals surface area contributed by atoms with Crippen molar-refractivity contribution in [3.63, 3.8) is 0 Å². The minimum Gasteiger partial charge on any atom is -0.442 e. The molecule has 0 aliphatic rings. The summed E-state index contributed by atoms with van der Waals surface area (Å²) in [5, 5.41) is 4.57. The molecule has 124 valence electrons. The molecular formula is C16H16N4O4. The van der Waals surface area contributed by atoms with E-state index in [1.807, 2.05) is 0 Å². The molecule has 2 rings (SSSR count). The standard InChI is InChI=1S/C16H16N4O4/c1-2-18-16(23)20-14(21)13(11-6-4-3-5-7-11)24-15(22)12-10-17-8-9-19-12/h3-10,13H,2H2,1H3,(H2,18,20,21,23)/t13-/m1/s1. The maximum Gasteiger partial charge on any atom is 0.359 e. The van der Waals surface area contributed by atoms with Gasteiger partial charge in [-0.2, -0.15) is 0 Å². The molecule has 0 fully saturated rings. The average Bonchev–Trinajstić information content (AvgIpc) is 2.61. The monoisotopic (exact) mass is 328 g/mol. The molecule has 1 aromatic carbocycles. The molecule has 2 aromatic rings. The first-order valence-electron chi connectivity index (χ1n) is 7.22. The van der Waals surface area contributed by atoms with Crippen LogP contribution in [-0.2, 0) is 9.53 Å². The summed E-state index contributed by atoms with van der Waals surface area (Å²) in [5.41, 5.74) is 0.390. The van der Waals surface area contributed by atoms with Crippen molar-refractivity contribution in [2.75, 3.05) is 6.54 Å². The molecular weight excluding hydrogens is 312 g/mol. The minimum atomic E-state index is -1.29. The van der Waals surface area contributed by atoms with Gasteiger partial charge in [0.25, 0.3) is 5.91 Å². The van der Waals surface area contributed by atoms with Crippen molar-refractivity contribution < 1.29 is 19.1 Å². The van der Waals surface area contributed by atoms with Gasteiger partial charge in [0.05, 0.1) is 6.20 Å². The fraction of sp³-hybridized carbons (Fsp3) is 0.188. The van der Waals surface area contributed by atoms with Crippen molar-refractivity contribution in [1.29, 1.82) is 0 Å². The fourth-order valence-corrected chi connectivity index (χ4v) is 1.85. The Bertz CT molecular complexity index is 707. The van der Waals surface area contributed by atoms with Crippen molar-refractivity contribution >= 4 is 17.9 Å². The zero-order valence-electron chi connectivity index (χ0n) is 12.9. The summed E-state index contributed by atoms with van der Waals surface area (Å²) in [7, 11) is 0. The number of carbonyl (C=O) groups is 3. The molecule has 1 heterocycles. The zero-order valence-corrected chi connectivity index (χ0v) is 12.9. The number of hydrogen-bond donors (Lipinski definition) is 2. The number of hydrogen-bond acceptors (Lipinski definition) is 6. The van der Waals surface area contributed by atoms with Gasteiger partial charge in [-0.15, -0.1) is 0 Å². The topological polar surface area (TPSA) is 110 Å². The van der Waals surface area contributed by atoms with Crippen LogP contribution in [0.4, 0.5) is 4.79 Å². The summed E-state index contributed by atoms with van der Waals surface area (Å²) in [4.78, 5) is 43.6. The smallest absolute Gasteiger partial charge is 0.359 e. The molecule has 0 bridgehead atoms. The first kappa shape index (κ1) is 17.1. The quantitative estimate of drug-likeness (QED) is 0.799. The third-order valence-corrected chi connectivity index (χ3v) is 2.91. The molecule has 0 aliphatic carbocycles. The van der Waals surface area contributed by atoms with Gasteiger partial charge < -0.3 is 10.1 Å². The Morgan fingerprint density at radius 3 is 2.54 bits per heavy atom. The molecule has 0 radical (unpaired) electrons. The number of rotatable bonds is 5. The van der Waals surface area contributed by atoms with Crippen LogP contribution < -0.4 is 10.6 Å². The predicted octanol–water partition coefficient (Wildman–Crippen LogP) is 1.22. The molecule has 8 heteroatoms. The Hall–Kier alpha value is -3.29. The van der Waals surface area contributed by atoms with E-state index in [1.165, 1.54) is 18.6 Å². The van der Waals surface area contributed by atoms with Crippen LogP contribution in [-0.4, -0.2) is 34.4 Å². The number of esters is 1. The van der Waals surface area contributed by atoms with E-state index in [-0.39, 0.29) is 5.69 Å². The Labute approximate surface area is 138 Å². The van der Waals surface area contributed by atoms with E-state index in [2.05, 4.69) is 20.6 Å². The van der Waals surface area contributed by atoms with Crippen molar-refractivity contribution in [1.82, 2.24) is 20.6 Å². The van der Waals surface area contributed by atoms with Crippen LogP contribution in [0.5, 0.6) is 0 Å². The average molecular weight is 328 g/mol. The zero-order chi connectivity index (χ0) is 17.4. The number of imide groups is 1. The molecule has 1 aromatic heterocycles. The van der Waals surface area contributed by atoms with Crippen molar-refractivity contribution in [3.8, 4) is 0 Å². The number of ether oxygens (including phenoxy) is 1. The molecule has 3 amide bonds. The lowest BCUT2D eigenvalue weighted by Gasteiger charge is -2.17. The van der Waals surface area contributed by atoms with Crippen LogP contribution in [0.25, 0.3) is 0 Å². The number of benzene rings is 1. The van der Waals surface area contributed by atoms with Crippen molar-refractivity contribution in [2.45, 2.75) is 13.0 Å². The predicted molar refractivity (Wildman–Crippen MR) is 83.8 cm³/mol. The molecule has 0 saturated heterocycles. The second-order valence-electron chi connectivity index (χ2n) is 4.64. The van der Waals surface area contributed by atoms with Gasteiger partial charge in [-0.3, -0.25) is 15.1 Å². The lowest BCUT2D eigenvalue weighted by atomic mass is 10.1. The number of nitrogens with one attached hydrogen (secondary N) is 2. The summed E-state index contributed by atoms with van der Waals surface area (Å²) in [6, 6.07) is 7.71. The first-order chi connectivity index (χ1) is 11.6. The highest BCUT2D eigenvalue weighted by molar-refractivity contribution is 5.98. The summed E-state index contributed by atoms with van der Waals surface area (Å²) in [6.07, 6.45) is 2.69. The molecule has 0 spiro atoms. The maximum absolute atomic E-state index is 12.3. The summed E-state index contributed by atoms with van der Waals surface area (Å²) in [5.74, 6) is -1.58. The van der Waals surface area contributed by atoms with Gasteiger partial charge in [0, 0.05) is 24.5 Å². The number of urea groups is 1. The number of amides is 3. The molecule has 8 nitrogen and oxygen atoms in total. The normalized spacial score (nSPS) is 11.2. The van der Waals surface area contributed by atoms with E-state index in [4.69, 9.17) is 4.74 Å². The lowest BCUT2D eigenvalue weighted by molar-refractivity contribution is -0.129. The second-order valence-corrected chi connectivity index (χ2v) is 4.64. The third kappa shape index (κ3) is 4.60. The largest absolute Gasteiger partial charge is 0.442 e. The summed E-state index contributed by atoms with van der Waals surface area (Å²) in [6.45, 7) is 2.07. The molecule has 0 unspecified atom stereocenters. The highest BCUT2D eigenvalue weighted by Crippen LogP contribution is 2.19. The van der Waals surface area contributed by atoms with Crippen LogP contribution in [0.1, 0.15) is 29.1 Å². The Morgan fingerprint density at radius 1 is 1.17 bits per heavy atom. The highest BCUT2D eigenvalue weighted by Gasteiger charge is 2.27. The van der Waals surface area contributed by atoms with Crippen LogP contribution >= 0.6 is 0 Å². The van der Waals surface area contributed by atoms with E-state index in [0.717, 1.165) is 0 Å². The summed E-state index contributed by atoms with van der Waals surface area (Å²) >= 11 is 0. The fourth-order valence-electron chi connectivity index (χ4n) is 1.85. The molecule has 24 heavy (non-hydrogen) atoms. The molecule has 0 aliphatic heterocycles. The second kappa shape index (κ2) is 8.37. The van der Waals surface area contributed by atoms with Crippen LogP contribution in [0.15, 0.2) is 48.9 Å². The van der Waals surface area contributed by atoms with Gasteiger partial charge in [0.15, 0.2) is 5.69 Å². The Balaban J connectivity index is 2.19. The Morgan fingerprint density at radius 2 is 1.92 bits per heavy atom. The number of carbonyl (C=O) groups excluding carboxylic acids is 3. The lowest BCUT2D eigenvalue weighted by Crippen LogP contribution is -2.42. The van der Waals surface area contributed by atoms with Crippen molar-refractivity contribution in [3.05, 3.63) is 60.2 Å². The maximum atomic E-state index is 12.3. The van der Waals surface area contributed by atoms with Crippen LogP contribution in [0, 0.1) is 0 Å². The Kier molecular flexibility index (Phi) is 5.95. The SMILES string of the molecule is CCNC(=O)NC(=O)[C@H](OC(=O)c1cnccn1)c1ccccc1. The van der Waals surface area contributed by atoms with E-state index >= 15 is 0 Å². The molecule has 2 N–H and O–H groups in total. The van der Waals surface area contributed by atoms with E-state index in [9.17, 15) is 14.4 Å². The highest BCUT2D eigenvalue weighted by atomic mass is 16.5. The third-order valence-electron chi connectivity index (χ3n) is 2.91. The van der Waals surface area contributed by atoms with Gasteiger partial charge in [-0.25, -0.2) is 14.6 Å². The first-order valence-corrected chi connectivity index (χ1v) is 7.22. The molecule has 1 atom stereocenters. The van der Waals surface area contributed by atoms with E-state index in [1.54, 1.807) is 37.3 Å². The number of aromatic nitrogens is 2. The van der Waals surface area contributed by atoms with Gasteiger partial charge in [-0.05, 0) is 6.92 Å². The van der Waals surface area contributed by atoms with E-state index in [0.29, 0.717) is 12.1 Å². The van der Waals surface area contributed by atoms with Gasteiger partial charge >= 0.3 is 12.0 Å². The van der Waals surface area contributed by atoms with Crippen molar-refractivity contribution in [2.24, 2.45) is 0 Å². The van der Waals surface area contributed by atoms with Crippen LogP contribution in [0.3, 0.4) is 0 Å². The van der Waals surface area contributed by atoms with Gasteiger partial charge in [0.2, 0.25) is 6.10 Å². The van der Waals surface area contributed by atoms with Gasteiger partial charge in [0.1, 0.15) is 0 Å². The van der Waals surface area contributed by atoms with Gasteiger partial charge in [-0.1, -0.05) is 30.3 Å².